The molecule has 1 saturated heterocycles. The summed E-state index contributed by atoms with van der Waals surface area (Å²) in [7, 11) is 0. The fourth-order valence-corrected chi connectivity index (χ4v) is 5.06. The van der Waals surface area contributed by atoms with Crippen molar-refractivity contribution in [3.8, 4) is 0 Å². The number of aryl methyl sites for hydroxylation is 2. The van der Waals surface area contributed by atoms with Crippen molar-refractivity contribution in [3.63, 3.8) is 0 Å². The Labute approximate surface area is 193 Å². The van der Waals surface area contributed by atoms with Gasteiger partial charge in [0.1, 0.15) is 0 Å². The molecule has 33 heavy (non-hydrogen) atoms. The summed E-state index contributed by atoms with van der Waals surface area (Å²) in [6, 6.07) is 8.75. The number of piperidine rings is 1. The molecule has 0 spiro atoms. The smallest absolute Gasteiger partial charge is 0.335 e. The van der Waals surface area contributed by atoms with Gasteiger partial charge < -0.3 is 15.2 Å². The first-order valence-corrected chi connectivity index (χ1v) is 11.4. The number of halogens is 2. The molecule has 0 amide bonds. The summed E-state index contributed by atoms with van der Waals surface area (Å²) in [4.78, 5) is 13.5. The normalized spacial score (nSPS) is 22.0. The highest BCUT2D eigenvalue weighted by Crippen LogP contribution is 2.44. The SMILES string of the molecule is CCO[C@H]1CCN(Cc2c(C)cc(C)c3c2C(F)(F)C=CN3)[C@H](c2ccc(C(=O)O)cc2)C1. The van der Waals surface area contributed by atoms with E-state index in [-0.39, 0.29) is 23.3 Å². The molecule has 0 unspecified atom stereocenters. The van der Waals surface area contributed by atoms with E-state index in [0.29, 0.717) is 30.9 Å². The molecule has 2 aliphatic rings. The molecule has 5 nitrogen and oxygen atoms in total. The second-order valence-electron chi connectivity index (χ2n) is 8.85. The van der Waals surface area contributed by atoms with E-state index in [1.165, 1.54) is 6.20 Å². The highest BCUT2D eigenvalue weighted by Gasteiger charge is 2.39. The third-order valence-corrected chi connectivity index (χ3v) is 6.68. The molecule has 0 radical (unpaired) electrons. The Balaban J connectivity index is 1.71. The Morgan fingerprint density at radius 3 is 2.64 bits per heavy atom. The topological polar surface area (TPSA) is 61.8 Å². The van der Waals surface area contributed by atoms with Crippen molar-refractivity contribution in [1.29, 1.82) is 0 Å². The minimum atomic E-state index is -3.05. The Bertz CT molecular complexity index is 1070. The zero-order valence-electron chi connectivity index (χ0n) is 19.2. The summed E-state index contributed by atoms with van der Waals surface area (Å²) in [5.41, 5.74) is 4.00. The average Bonchev–Trinajstić information content (AvgIpc) is 2.77. The predicted octanol–water partition coefficient (Wildman–Crippen LogP) is 5.77. The van der Waals surface area contributed by atoms with Crippen LogP contribution in [-0.2, 0) is 17.2 Å². The van der Waals surface area contributed by atoms with Crippen molar-refractivity contribution in [2.45, 2.75) is 58.2 Å². The fourth-order valence-electron chi connectivity index (χ4n) is 5.06. The van der Waals surface area contributed by atoms with Crippen molar-refractivity contribution in [2.75, 3.05) is 18.5 Å². The summed E-state index contributed by atoms with van der Waals surface area (Å²) in [5, 5.41) is 12.3. The molecule has 2 aromatic rings. The van der Waals surface area contributed by atoms with E-state index >= 15 is 8.78 Å². The van der Waals surface area contributed by atoms with Crippen LogP contribution in [0.2, 0.25) is 0 Å². The van der Waals surface area contributed by atoms with Gasteiger partial charge in [-0.2, -0.15) is 8.78 Å². The molecule has 176 valence electrons. The molecule has 2 N–H and O–H groups in total. The number of fused-ring (bicyclic) bond motifs is 1. The number of allylic oxidation sites excluding steroid dienone is 1. The molecule has 2 aliphatic heterocycles. The first-order valence-electron chi connectivity index (χ1n) is 11.4. The van der Waals surface area contributed by atoms with E-state index in [2.05, 4.69) is 10.2 Å². The molecule has 7 heteroatoms. The van der Waals surface area contributed by atoms with Gasteiger partial charge in [-0.05, 0) is 68.0 Å². The fraction of sp³-hybridized carbons (Fsp3) is 0.423. The second kappa shape index (κ2) is 9.23. The van der Waals surface area contributed by atoms with Gasteiger partial charge in [-0.25, -0.2) is 4.79 Å². The van der Waals surface area contributed by atoms with Gasteiger partial charge >= 0.3 is 5.97 Å². The Morgan fingerprint density at radius 1 is 1.24 bits per heavy atom. The molecule has 4 rings (SSSR count). The van der Waals surface area contributed by atoms with Crippen LogP contribution in [-0.4, -0.2) is 35.2 Å². The van der Waals surface area contributed by atoms with Crippen LogP contribution in [0.5, 0.6) is 0 Å². The number of benzene rings is 2. The number of rotatable bonds is 6. The van der Waals surface area contributed by atoms with Gasteiger partial charge in [0, 0.05) is 38.0 Å². The van der Waals surface area contributed by atoms with Gasteiger partial charge in [0.15, 0.2) is 0 Å². The number of hydrogen-bond donors (Lipinski definition) is 2. The average molecular weight is 457 g/mol. The van der Waals surface area contributed by atoms with Gasteiger partial charge in [0.05, 0.1) is 22.9 Å². The number of likely N-dealkylation sites (tertiary alicyclic amines) is 1. The van der Waals surface area contributed by atoms with Gasteiger partial charge in [-0.1, -0.05) is 18.2 Å². The molecular weight excluding hydrogens is 426 g/mol. The van der Waals surface area contributed by atoms with Crippen molar-refractivity contribution in [2.24, 2.45) is 0 Å². The number of aromatic carboxylic acids is 1. The molecule has 2 atom stereocenters. The van der Waals surface area contributed by atoms with Gasteiger partial charge in [0.2, 0.25) is 0 Å². The summed E-state index contributed by atoms with van der Waals surface area (Å²) in [6.45, 7) is 7.40. The molecular formula is C26H30F2N2O3. The lowest BCUT2D eigenvalue weighted by molar-refractivity contribution is -0.0147. The number of carboxylic acids is 1. The lowest BCUT2D eigenvalue weighted by atomic mass is 9.88. The zero-order valence-corrected chi connectivity index (χ0v) is 19.2. The van der Waals surface area contributed by atoms with Crippen LogP contribution in [0.15, 0.2) is 42.6 Å². The van der Waals surface area contributed by atoms with Crippen LogP contribution in [0.1, 0.15) is 64.0 Å². The second-order valence-corrected chi connectivity index (χ2v) is 8.85. The molecule has 1 fully saturated rings. The van der Waals surface area contributed by atoms with Gasteiger partial charge in [0.25, 0.3) is 5.92 Å². The Morgan fingerprint density at radius 2 is 1.97 bits per heavy atom. The first-order chi connectivity index (χ1) is 15.7. The van der Waals surface area contributed by atoms with E-state index in [9.17, 15) is 9.90 Å². The summed E-state index contributed by atoms with van der Waals surface area (Å²) in [6.07, 6.45) is 3.85. The zero-order chi connectivity index (χ0) is 23.8. The molecule has 0 bridgehead atoms. The van der Waals surface area contributed by atoms with E-state index in [1.807, 2.05) is 39.0 Å². The summed E-state index contributed by atoms with van der Waals surface area (Å²) < 4.78 is 36.0. The molecule has 0 aromatic heterocycles. The number of ether oxygens (including phenoxy) is 1. The Kier molecular flexibility index (Phi) is 6.54. The van der Waals surface area contributed by atoms with E-state index < -0.39 is 11.9 Å². The standard InChI is InChI=1S/C26H30F2N2O3/c1-4-33-20-9-12-30(22(14-20)18-5-7-19(8-6-18)25(31)32)15-21-16(2)13-17(3)24-23(21)26(27,28)10-11-29-24/h5-8,10-11,13,20,22,29H,4,9,12,14-15H2,1-3H3,(H,31,32)/t20-,22-/m0/s1. The quantitative estimate of drug-likeness (QED) is 0.577. The van der Waals surface area contributed by atoms with E-state index in [4.69, 9.17) is 4.74 Å². The number of alkyl halides is 2. The molecule has 0 aliphatic carbocycles. The molecule has 0 saturated carbocycles. The maximum absolute atomic E-state index is 15.1. The van der Waals surface area contributed by atoms with Crippen LogP contribution in [0.3, 0.4) is 0 Å². The number of nitrogens with zero attached hydrogens (tertiary/aromatic N) is 1. The largest absolute Gasteiger partial charge is 0.478 e. The van der Waals surface area contributed by atoms with E-state index in [0.717, 1.165) is 35.6 Å². The van der Waals surface area contributed by atoms with Gasteiger partial charge in [-0.15, -0.1) is 0 Å². The highest BCUT2D eigenvalue weighted by molar-refractivity contribution is 5.87. The van der Waals surface area contributed by atoms with Crippen LogP contribution in [0.4, 0.5) is 14.5 Å². The van der Waals surface area contributed by atoms with Crippen molar-refractivity contribution in [1.82, 2.24) is 4.90 Å². The first kappa shape index (κ1) is 23.4. The molecule has 2 heterocycles. The number of carbonyl (C=O) groups is 1. The number of anilines is 1. The van der Waals surface area contributed by atoms with Crippen molar-refractivity contribution in [3.05, 3.63) is 76.0 Å². The lowest BCUT2D eigenvalue weighted by Gasteiger charge is -2.41. The highest BCUT2D eigenvalue weighted by atomic mass is 19.3. The number of nitrogens with one attached hydrogen (secondary N) is 1. The predicted molar refractivity (Wildman–Crippen MR) is 124 cm³/mol. The van der Waals surface area contributed by atoms with Crippen LogP contribution >= 0.6 is 0 Å². The minimum absolute atomic E-state index is 0.0504. The third kappa shape index (κ3) is 4.66. The van der Waals surface area contributed by atoms with Crippen LogP contribution in [0.25, 0.3) is 0 Å². The number of carboxylic acid groups (broad SMARTS) is 1. The maximum atomic E-state index is 15.1. The minimum Gasteiger partial charge on any atom is -0.478 e. The maximum Gasteiger partial charge on any atom is 0.335 e. The summed E-state index contributed by atoms with van der Waals surface area (Å²) in [5.74, 6) is -4.02. The molecule has 2 aromatic carbocycles. The summed E-state index contributed by atoms with van der Waals surface area (Å²) >= 11 is 0. The number of hydrogen-bond acceptors (Lipinski definition) is 4. The Hall–Kier alpha value is -2.77. The van der Waals surface area contributed by atoms with Crippen molar-refractivity contribution < 1.29 is 23.4 Å². The van der Waals surface area contributed by atoms with Gasteiger partial charge in [-0.3, -0.25) is 4.90 Å². The monoisotopic (exact) mass is 456 g/mol. The third-order valence-electron chi connectivity index (χ3n) is 6.68. The van der Waals surface area contributed by atoms with Crippen molar-refractivity contribution >= 4 is 11.7 Å². The van der Waals surface area contributed by atoms with Crippen LogP contribution in [0, 0.1) is 13.8 Å². The van der Waals surface area contributed by atoms with E-state index in [1.54, 1.807) is 12.1 Å². The lowest BCUT2D eigenvalue weighted by Crippen LogP contribution is -2.40. The van der Waals surface area contributed by atoms with Crippen LogP contribution < -0.4 is 5.32 Å².